The lowest BCUT2D eigenvalue weighted by atomic mass is 9.92. The van der Waals surface area contributed by atoms with Gasteiger partial charge in [-0.15, -0.1) is 0 Å². The molecule has 0 aliphatic heterocycles. The van der Waals surface area contributed by atoms with Crippen molar-refractivity contribution in [1.82, 2.24) is 10.6 Å². The molecule has 19 heavy (non-hydrogen) atoms. The molecule has 0 aliphatic carbocycles. The number of carbonyl (C=O) groups is 2. The van der Waals surface area contributed by atoms with Gasteiger partial charge in [0.2, 0.25) is 5.91 Å². The lowest BCUT2D eigenvalue weighted by Crippen LogP contribution is -2.58. The third-order valence-electron chi connectivity index (χ3n) is 3.61. The standard InChI is InChI=1S/C13H28N4O2/c1-4-7-8-10(16-12(15)19)11(18)17-13(5-2,6-3)9-14/h10H,4-9,14H2,1-3H3,(H,17,18)(H3,15,16,19). The molecule has 1 atom stereocenters. The molecule has 0 rings (SSSR count). The molecule has 0 radical (unpaired) electrons. The van der Waals surface area contributed by atoms with Gasteiger partial charge in [0, 0.05) is 6.54 Å². The Labute approximate surface area is 115 Å². The molecule has 112 valence electrons. The fraction of sp³-hybridized carbons (Fsp3) is 0.846. The van der Waals surface area contributed by atoms with E-state index in [0.717, 1.165) is 25.7 Å². The zero-order valence-corrected chi connectivity index (χ0v) is 12.3. The van der Waals surface area contributed by atoms with E-state index in [4.69, 9.17) is 11.5 Å². The Bertz CT molecular complexity index is 282. The fourth-order valence-electron chi connectivity index (χ4n) is 1.96. The first-order valence-electron chi connectivity index (χ1n) is 7.02. The van der Waals surface area contributed by atoms with Crippen molar-refractivity contribution in [2.75, 3.05) is 6.54 Å². The summed E-state index contributed by atoms with van der Waals surface area (Å²) >= 11 is 0. The van der Waals surface area contributed by atoms with Crippen molar-refractivity contribution in [1.29, 1.82) is 0 Å². The van der Waals surface area contributed by atoms with Crippen molar-refractivity contribution in [3.63, 3.8) is 0 Å². The van der Waals surface area contributed by atoms with Crippen molar-refractivity contribution >= 4 is 11.9 Å². The highest BCUT2D eigenvalue weighted by Crippen LogP contribution is 2.14. The lowest BCUT2D eigenvalue weighted by Gasteiger charge is -2.33. The second-order valence-corrected chi connectivity index (χ2v) is 4.88. The smallest absolute Gasteiger partial charge is 0.312 e. The number of unbranched alkanes of at least 4 members (excludes halogenated alkanes) is 1. The summed E-state index contributed by atoms with van der Waals surface area (Å²) in [5.41, 5.74) is 10.5. The van der Waals surface area contributed by atoms with Crippen LogP contribution in [-0.4, -0.2) is 30.1 Å². The average Bonchev–Trinajstić information content (AvgIpc) is 2.40. The van der Waals surface area contributed by atoms with E-state index in [1.54, 1.807) is 0 Å². The maximum atomic E-state index is 12.2. The molecule has 0 aromatic rings. The zero-order chi connectivity index (χ0) is 14.9. The van der Waals surface area contributed by atoms with Crippen LogP contribution in [0.15, 0.2) is 0 Å². The Kier molecular flexibility index (Phi) is 8.14. The Morgan fingerprint density at radius 1 is 1.21 bits per heavy atom. The van der Waals surface area contributed by atoms with E-state index in [1.165, 1.54) is 0 Å². The van der Waals surface area contributed by atoms with Crippen molar-refractivity contribution in [2.45, 2.75) is 64.5 Å². The Morgan fingerprint density at radius 3 is 2.16 bits per heavy atom. The Hall–Kier alpha value is -1.30. The summed E-state index contributed by atoms with van der Waals surface area (Å²) in [4.78, 5) is 23.2. The minimum Gasteiger partial charge on any atom is -0.352 e. The number of hydrogen-bond acceptors (Lipinski definition) is 3. The molecule has 0 aliphatic rings. The molecule has 0 heterocycles. The third kappa shape index (κ3) is 5.92. The van der Waals surface area contributed by atoms with Gasteiger partial charge >= 0.3 is 6.03 Å². The summed E-state index contributed by atoms with van der Waals surface area (Å²) < 4.78 is 0. The van der Waals surface area contributed by atoms with Crippen molar-refractivity contribution in [3.05, 3.63) is 0 Å². The van der Waals surface area contributed by atoms with Crippen molar-refractivity contribution < 1.29 is 9.59 Å². The number of rotatable bonds is 9. The van der Waals surface area contributed by atoms with E-state index in [0.29, 0.717) is 13.0 Å². The molecule has 6 heteroatoms. The monoisotopic (exact) mass is 272 g/mol. The van der Waals surface area contributed by atoms with Crippen LogP contribution in [0.3, 0.4) is 0 Å². The second kappa shape index (κ2) is 8.74. The lowest BCUT2D eigenvalue weighted by molar-refractivity contribution is -0.125. The molecule has 3 amide bonds. The van der Waals surface area contributed by atoms with Crippen LogP contribution in [0.2, 0.25) is 0 Å². The average molecular weight is 272 g/mol. The van der Waals surface area contributed by atoms with E-state index in [9.17, 15) is 9.59 Å². The summed E-state index contributed by atoms with van der Waals surface area (Å²) in [6.07, 6.45) is 3.89. The van der Waals surface area contributed by atoms with Gasteiger partial charge in [0.1, 0.15) is 6.04 Å². The molecule has 0 aromatic carbocycles. The quantitative estimate of drug-likeness (QED) is 0.499. The van der Waals surface area contributed by atoms with E-state index in [-0.39, 0.29) is 5.91 Å². The van der Waals surface area contributed by atoms with Crippen LogP contribution in [0, 0.1) is 0 Å². The van der Waals surface area contributed by atoms with Crippen LogP contribution >= 0.6 is 0 Å². The summed E-state index contributed by atoms with van der Waals surface area (Å²) in [6.45, 7) is 6.38. The Balaban J connectivity index is 4.73. The summed E-state index contributed by atoms with van der Waals surface area (Å²) in [5, 5.41) is 5.46. The summed E-state index contributed by atoms with van der Waals surface area (Å²) in [6, 6.07) is -1.26. The first kappa shape index (κ1) is 17.7. The van der Waals surface area contributed by atoms with Gasteiger partial charge in [0.05, 0.1) is 5.54 Å². The van der Waals surface area contributed by atoms with Gasteiger partial charge < -0.3 is 22.1 Å². The molecular formula is C13H28N4O2. The van der Waals surface area contributed by atoms with Gasteiger partial charge in [-0.05, 0) is 19.3 Å². The van der Waals surface area contributed by atoms with Crippen molar-refractivity contribution in [3.8, 4) is 0 Å². The number of amides is 3. The van der Waals surface area contributed by atoms with E-state index in [2.05, 4.69) is 10.6 Å². The highest BCUT2D eigenvalue weighted by atomic mass is 16.2. The molecule has 0 saturated heterocycles. The maximum Gasteiger partial charge on any atom is 0.312 e. The van der Waals surface area contributed by atoms with Gasteiger partial charge in [0.15, 0.2) is 0 Å². The van der Waals surface area contributed by atoms with Crippen molar-refractivity contribution in [2.24, 2.45) is 11.5 Å². The number of urea groups is 1. The molecule has 6 N–H and O–H groups in total. The molecular weight excluding hydrogens is 244 g/mol. The van der Waals surface area contributed by atoms with Gasteiger partial charge in [-0.3, -0.25) is 4.79 Å². The predicted octanol–water partition coefficient (Wildman–Crippen LogP) is 0.847. The predicted molar refractivity (Wildman–Crippen MR) is 76.5 cm³/mol. The highest BCUT2D eigenvalue weighted by molar-refractivity contribution is 5.87. The number of primary amides is 1. The molecule has 0 bridgehead atoms. The number of hydrogen-bond donors (Lipinski definition) is 4. The zero-order valence-electron chi connectivity index (χ0n) is 12.3. The summed E-state index contributed by atoms with van der Waals surface area (Å²) in [7, 11) is 0. The van der Waals surface area contributed by atoms with Crippen LogP contribution in [0.1, 0.15) is 52.9 Å². The first-order chi connectivity index (χ1) is 8.94. The van der Waals surface area contributed by atoms with Gasteiger partial charge in [0.25, 0.3) is 0 Å². The minimum absolute atomic E-state index is 0.207. The second-order valence-electron chi connectivity index (χ2n) is 4.88. The van der Waals surface area contributed by atoms with Gasteiger partial charge in [-0.2, -0.15) is 0 Å². The highest BCUT2D eigenvalue weighted by Gasteiger charge is 2.29. The molecule has 6 nitrogen and oxygen atoms in total. The largest absolute Gasteiger partial charge is 0.352 e. The third-order valence-corrected chi connectivity index (χ3v) is 3.61. The Morgan fingerprint density at radius 2 is 1.79 bits per heavy atom. The molecule has 0 spiro atoms. The number of carbonyl (C=O) groups excluding carboxylic acids is 2. The molecule has 0 saturated carbocycles. The van der Waals surface area contributed by atoms with Crippen LogP contribution in [0.25, 0.3) is 0 Å². The van der Waals surface area contributed by atoms with Crippen LogP contribution in [-0.2, 0) is 4.79 Å². The van der Waals surface area contributed by atoms with Gasteiger partial charge in [-0.1, -0.05) is 33.6 Å². The molecule has 0 aromatic heterocycles. The minimum atomic E-state index is -0.678. The molecule has 0 fully saturated rings. The van der Waals surface area contributed by atoms with E-state index in [1.807, 2.05) is 20.8 Å². The first-order valence-corrected chi connectivity index (χ1v) is 7.02. The topological polar surface area (TPSA) is 110 Å². The van der Waals surface area contributed by atoms with Crippen LogP contribution in [0.5, 0.6) is 0 Å². The molecule has 1 unspecified atom stereocenters. The van der Waals surface area contributed by atoms with Gasteiger partial charge in [-0.25, -0.2) is 4.79 Å². The number of nitrogens with one attached hydrogen (secondary N) is 2. The maximum absolute atomic E-state index is 12.2. The SMILES string of the molecule is CCCCC(NC(N)=O)C(=O)NC(CC)(CC)CN. The number of nitrogens with two attached hydrogens (primary N) is 2. The van der Waals surface area contributed by atoms with E-state index < -0.39 is 17.6 Å². The van der Waals surface area contributed by atoms with Crippen LogP contribution < -0.4 is 22.1 Å². The van der Waals surface area contributed by atoms with Crippen LogP contribution in [0.4, 0.5) is 4.79 Å². The normalized spacial score (nSPS) is 12.8. The summed E-state index contributed by atoms with van der Waals surface area (Å²) in [5.74, 6) is -0.207. The van der Waals surface area contributed by atoms with E-state index >= 15 is 0 Å². The fourth-order valence-corrected chi connectivity index (χ4v) is 1.96.